The summed E-state index contributed by atoms with van der Waals surface area (Å²) >= 11 is 0. The van der Waals surface area contributed by atoms with E-state index in [1.54, 1.807) is 10.8 Å². The lowest BCUT2D eigenvalue weighted by atomic mass is 9.94. The quantitative estimate of drug-likeness (QED) is 0.710. The van der Waals surface area contributed by atoms with E-state index in [-0.39, 0.29) is 17.4 Å². The zero-order valence-corrected chi connectivity index (χ0v) is 19.8. The number of aryl methyl sites for hydroxylation is 1. The highest BCUT2D eigenvalue weighted by molar-refractivity contribution is 5.80. The SMILES string of the molecule is CCn1c(=O)c(N2CCC[C@@H](C(=O)N3CCC(N4CCCCC4)CC3)C2)nc2cccnc21. The Morgan fingerprint density at radius 1 is 1.03 bits per heavy atom. The Morgan fingerprint density at radius 3 is 2.58 bits per heavy atom. The van der Waals surface area contributed by atoms with Gasteiger partial charge in [0.1, 0.15) is 5.52 Å². The van der Waals surface area contributed by atoms with Crippen molar-refractivity contribution < 1.29 is 4.79 Å². The Balaban J connectivity index is 1.27. The first kappa shape index (κ1) is 22.3. The minimum Gasteiger partial charge on any atom is -0.351 e. The largest absolute Gasteiger partial charge is 0.351 e. The molecule has 0 radical (unpaired) electrons. The highest BCUT2D eigenvalue weighted by atomic mass is 16.2. The number of piperidine rings is 3. The molecule has 0 spiro atoms. The van der Waals surface area contributed by atoms with Gasteiger partial charge in [-0.15, -0.1) is 0 Å². The smallest absolute Gasteiger partial charge is 0.295 e. The highest BCUT2D eigenvalue weighted by Crippen LogP contribution is 2.26. The molecule has 5 rings (SSSR count). The Hall–Kier alpha value is -2.48. The monoisotopic (exact) mass is 452 g/mol. The first-order valence-electron chi connectivity index (χ1n) is 12.8. The van der Waals surface area contributed by atoms with E-state index < -0.39 is 0 Å². The van der Waals surface area contributed by atoms with Crippen LogP contribution in [0.15, 0.2) is 23.1 Å². The van der Waals surface area contributed by atoms with Gasteiger partial charge < -0.3 is 14.7 Å². The van der Waals surface area contributed by atoms with Gasteiger partial charge in [0.2, 0.25) is 5.91 Å². The van der Waals surface area contributed by atoms with E-state index in [9.17, 15) is 9.59 Å². The molecule has 3 aliphatic heterocycles. The number of rotatable bonds is 4. The molecular formula is C25H36N6O2. The van der Waals surface area contributed by atoms with E-state index in [4.69, 9.17) is 0 Å². The molecule has 0 unspecified atom stereocenters. The Morgan fingerprint density at radius 2 is 1.82 bits per heavy atom. The molecule has 0 N–H and O–H groups in total. The van der Waals surface area contributed by atoms with E-state index >= 15 is 0 Å². The lowest BCUT2D eigenvalue weighted by Gasteiger charge is -2.42. The van der Waals surface area contributed by atoms with Crippen LogP contribution in [0.2, 0.25) is 0 Å². The summed E-state index contributed by atoms with van der Waals surface area (Å²) in [6.45, 7) is 8.00. The number of likely N-dealkylation sites (tertiary alicyclic amines) is 2. The van der Waals surface area contributed by atoms with E-state index in [1.807, 2.05) is 24.0 Å². The molecule has 8 nitrogen and oxygen atoms in total. The summed E-state index contributed by atoms with van der Waals surface area (Å²) in [5, 5.41) is 0. The van der Waals surface area contributed by atoms with Crippen molar-refractivity contribution in [1.82, 2.24) is 24.3 Å². The number of carbonyl (C=O) groups excluding carboxylic acids is 1. The number of amides is 1. The van der Waals surface area contributed by atoms with Crippen molar-refractivity contribution in [2.75, 3.05) is 44.2 Å². The lowest BCUT2D eigenvalue weighted by molar-refractivity contribution is -0.137. The zero-order chi connectivity index (χ0) is 22.8. The van der Waals surface area contributed by atoms with Crippen molar-refractivity contribution in [2.45, 2.75) is 64.5 Å². The number of fused-ring (bicyclic) bond motifs is 1. The maximum atomic E-state index is 13.4. The summed E-state index contributed by atoms with van der Waals surface area (Å²) in [5.41, 5.74) is 1.23. The van der Waals surface area contributed by atoms with Crippen LogP contribution in [-0.4, -0.2) is 75.6 Å². The summed E-state index contributed by atoms with van der Waals surface area (Å²) in [4.78, 5) is 42.4. The predicted octanol–water partition coefficient (Wildman–Crippen LogP) is 2.50. The second-order valence-corrected chi connectivity index (χ2v) is 9.77. The third-order valence-corrected chi connectivity index (χ3v) is 7.75. The highest BCUT2D eigenvalue weighted by Gasteiger charge is 2.34. The van der Waals surface area contributed by atoms with Gasteiger partial charge in [-0.2, -0.15) is 0 Å². The maximum Gasteiger partial charge on any atom is 0.295 e. The Labute approximate surface area is 195 Å². The van der Waals surface area contributed by atoms with E-state index in [2.05, 4.69) is 19.8 Å². The summed E-state index contributed by atoms with van der Waals surface area (Å²) in [6.07, 6.45) is 9.64. The maximum absolute atomic E-state index is 13.4. The average molecular weight is 453 g/mol. The molecule has 3 fully saturated rings. The Kier molecular flexibility index (Phi) is 6.62. The van der Waals surface area contributed by atoms with Crippen LogP contribution in [0.25, 0.3) is 11.2 Å². The second-order valence-electron chi connectivity index (χ2n) is 9.77. The molecule has 178 valence electrons. The number of pyridine rings is 1. The fourth-order valence-corrected chi connectivity index (χ4v) is 5.93. The van der Waals surface area contributed by atoms with Crippen LogP contribution in [0, 0.1) is 5.92 Å². The van der Waals surface area contributed by atoms with Crippen molar-refractivity contribution in [3.63, 3.8) is 0 Å². The fraction of sp³-hybridized carbons (Fsp3) is 0.680. The molecule has 0 bridgehead atoms. The molecular weight excluding hydrogens is 416 g/mol. The van der Waals surface area contributed by atoms with Crippen molar-refractivity contribution >= 4 is 22.9 Å². The van der Waals surface area contributed by atoms with Gasteiger partial charge in [-0.1, -0.05) is 6.42 Å². The van der Waals surface area contributed by atoms with Gasteiger partial charge in [-0.05, 0) is 70.7 Å². The average Bonchev–Trinajstić information content (AvgIpc) is 2.88. The molecule has 33 heavy (non-hydrogen) atoms. The van der Waals surface area contributed by atoms with Gasteiger partial charge in [0.15, 0.2) is 11.5 Å². The summed E-state index contributed by atoms with van der Waals surface area (Å²) in [7, 11) is 0. The zero-order valence-electron chi connectivity index (χ0n) is 19.8. The van der Waals surface area contributed by atoms with Crippen molar-refractivity contribution in [1.29, 1.82) is 0 Å². The first-order valence-corrected chi connectivity index (χ1v) is 12.8. The minimum atomic E-state index is -0.112. The molecule has 2 aromatic rings. The molecule has 2 aromatic heterocycles. The number of nitrogens with zero attached hydrogens (tertiary/aromatic N) is 6. The van der Waals surface area contributed by atoms with Crippen LogP contribution < -0.4 is 10.5 Å². The minimum absolute atomic E-state index is 0.0637. The van der Waals surface area contributed by atoms with Gasteiger partial charge in [0, 0.05) is 45.0 Å². The predicted molar refractivity (Wildman–Crippen MR) is 129 cm³/mol. The number of hydrogen-bond donors (Lipinski definition) is 0. The molecule has 3 saturated heterocycles. The van der Waals surface area contributed by atoms with E-state index in [0.29, 0.717) is 30.6 Å². The molecule has 0 aromatic carbocycles. The number of anilines is 1. The van der Waals surface area contributed by atoms with Crippen LogP contribution in [0.3, 0.4) is 0 Å². The van der Waals surface area contributed by atoms with Gasteiger partial charge in [-0.3, -0.25) is 14.2 Å². The third kappa shape index (κ3) is 4.50. The van der Waals surface area contributed by atoms with Crippen LogP contribution >= 0.6 is 0 Å². The van der Waals surface area contributed by atoms with Gasteiger partial charge in [0.05, 0.1) is 5.92 Å². The lowest BCUT2D eigenvalue weighted by Crippen LogP contribution is -2.51. The molecule has 0 aliphatic carbocycles. The Bertz CT molecular complexity index is 1040. The van der Waals surface area contributed by atoms with Crippen LogP contribution in [0.5, 0.6) is 0 Å². The molecule has 1 atom stereocenters. The van der Waals surface area contributed by atoms with Crippen molar-refractivity contribution in [3.05, 3.63) is 28.7 Å². The fourth-order valence-electron chi connectivity index (χ4n) is 5.93. The number of hydrogen-bond acceptors (Lipinski definition) is 6. The van der Waals surface area contributed by atoms with Crippen LogP contribution in [0.1, 0.15) is 51.9 Å². The van der Waals surface area contributed by atoms with E-state index in [1.165, 1.54) is 32.4 Å². The van der Waals surface area contributed by atoms with Gasteiger partial charge in [-0.25, -0.2) is 9.97 Å². The molecule has 3 aliphatic rings. The van der Waals surface area contributed by atoms with Crippen molar-refractivity contribution in [2.24, 2.45) is 5.92 Å². The topological polar surface area (TPSA) is 74.6 Å². The molecule has 8 heteroatoms. The molecule has 1 amide bonds. The number of aromatic nitrogens is 3. The van der Waals surface area contributed by atoms with Gasteiger partial charge in [0.25, 0.3) is 5.56 Å². The van der Waals surface area contributed by atoms with Crippen LogP contribution in [0.4, 0.5) is 5.82 Å². The summed E-state index contributed by atoms with van der Waals surface area (Å²) in [6, 6.07) is 4.39. The number of carbonyl (C=O) groups is 1. The normalized spacial score (nSPS) is 23.2. The van der Waals surface area contributed by atoms with Crippen molar-refractivity contribution in [3.8, 4) is 0 Å². The molecule has 5 heterocycles. The second kappa shape index (κ2) is 9.79. The first-order chi connectivity index (χ1) is 16.2. The van der Waals surface area contributed by atoms with E-state index in [0.717, 1.165) is 50.8 Å². The van der Waals surface area contributed by atoms with Gasteiger partial charge >= 0.3 is 0 Å². The standard InChI is InChI=1S/C25H36N6O2/c1-2-31-22-21(9-6-12-26-22)27-23(25(31)33)30-15-7-8-19(18-30)24(32)29-16-10-20(11-17-29)28-13-4-3-5-14-28/h6,9,12,19-20H,2-5,7-8,10-11,13-18H2,1H3/t19-/m1/s1. The molecule has 0 saturated carbocycles. The summed E-state index contributed by atoms with van der Waals surface area (Å²) in [5.74, 6) is 0.653. The third-order valence-electron chi connectivity index (χ3n) is 7.75. The summed E-state index contributed by atoms with van der Waals surface area (Å²) < 4.78 is 1.69. The van der Waals surface area contributed by atoms with Crippen LogP contribution in [-0.2, 0) is 11.3 Å².